The van der Waals surface area contributed by atoms with Gasteiger partial charge >= 0.3 is 0 Å². The Kier molecular flexibility index (Phi) is 5.37. The van der Waals surface area contributed by atoms with E-state index in [0.717, 1.165) is 22.3 Å². The summed E-state index contributed by atoms with van der Waals surface area (Å²) >= 11 is 3.56. The number of aryl methyl sites for hydroxylation is 1. The molecule has 2 aromatic rings. The number of hydrogen-bond donors (Lipinski definition) is 1. The Morgan fingerprint density at radius 2 is 2.00 bits per heavy atom. The van der Waals surface area contributed by atoms with E-state index in [1.165, 1.54) is 0 Å². The van der Waals surface area contributed by atoms with Gasteiger partial charge in [0.15, 0.2) is 0 Å². The Balaban J connectivity index is 2.51. The summed E-state index contributed by atoms with van der Waals surface area (Å²) in [4.78, 5) is 0. The van der Waals surface area contributed by atoms with Crippen molar-refractivity contribution in [3.63, 3.8) is 0 Å². The van der Waals surface area contributed by atoms with Crippen LogP contribution in [0.2, 0.25) is 0 Å². The van der Waals surface area contributed by atoms with Crippen molar-refractivity contribution in [3.8, 4) is 5.75 Å². The Morgan fingerprint density at radius 1 is 1.24 bits per heavy atom. The summed E-state index contributed by atoms with van der Waals surface area (Å²) < 4.78 is 20.6. The van der Waals surface area contributed by atoms with Gasteiger partial charge in [0.2, 0.25) is 0 Å². The third-order valence-electron chi connectivity index (χ3n) is 3.46. The lowest BCUT2D eigenvalue weighted by Gasteiger charge is -2.22. The average molecular weight is 352 g/mol. The zero-order chi connectivity index (χ0) is 15.4. The first-order chi connectivity index (χ1) is 10.1. The third-order valence-corrected chi connectivity index (χ3v) is 4.15. The fourth-order valence-electron chi connectivity index (χ4n) is 2.35. The second-order valence-electron chi connectivity index (χ2n) is 4.86. The summed E-state index contributed by atoms with van der Waals surface area (Å²) in [5.74, 6) is 0.608. The van der Waals surface area contributed by atoms with Gasteiger partial charge in [-0.15, -0.1) is 0 Å². The maximum absolute atomic E-state index is 14.5. The van der Waals surface area contributed by atoms with Crippen molar-refractivity contribution < 1.29 is 9.13 Å². The summed E-state index contributed by atoms with van der Waals surface area (Å²) in [6.45, 7) is 4.54. The number of nitrogens with one attached hydrogen (secondary N) is 1. The summed E-state index contributed by atoms with van der Waals surface area (Å²) in [5.41, 5.74) is 2.30. The summed E-state index contributed by atoms with van der Waals surface area (Å²) in [6, 6.07) is 11.0. The van der Waals surface area contributed by atoms with Crippen molar-refractivity contribution >= 4 is 15.9 Å². The first-order valence-corrected chi connectivity index (χ1v) is 7.69. The molecule has 0 fully saturated rings. The van der Waals surface area contributed by atoms with E-state index < -0.39 is 0 Å². The number of rotatable bonds is 5. The van der Waals surface area contributed by atoms with Gasteiger partial charge in [-0.05, 0) is 36.7 Å². The highest BCUT2D eigenvalue weighted by molar-refractivity contribution is 9.10. The Labute approximate surface area is 133 Å². The highest BCUT2D eigenvalue weighted by Gasteiger charge is 2.20. The molecule has 1 N–H and O–H groups in total. The lowest BCUT2D eigenvalue weighted by molar-refractivity contribution is 0.414. The van der Waals surface area contributed by atoms with Gasteiger partial charge in [0.1, 0.15) is 11.6 Å². The molecular formula is C17H19BrFNO. The van der Waals surface area contributed by atoms with E-state index in [-0.39, 0.29) is 11.9 Å². The molecule has 0 radical (unpaired) electrons. The molecule has 0 aliphatic rings. The molecule has 0 saturated heterocycles. The Hall–Kier alpha value is -1.39. The SMILES string of the molecule is CCNC(c1ccc(OC)cc1Br)c1cccc(C)c1F. The van der Waals surface area contributed by atoms with Gasteiger partial charge in [0.25, 0.3) is 0 Å². The second-order valence-corrected chi connectivity index (χ2v) is 5.71. The lowest BCUT2D eigenvalue weighted by atomic mass is 9.96. The fourth-order valence-corrected chi connectivity index (χ4v) is 2.94. The van der Waals surface area contributed by atoms with Crippen LogP contribution >= 0.6 is 15.9 Å². The van der Waals surface area contributed by atoms with Crippen molar-refractivity contribution in [3.05, 3.63) is 63.4 Å². The Bertz CT molecular complexity index is 630. The van der Waals surface area contributed by atoms with Crippen LogP contribution in [0.25, 0.3) is 0 Å². The smallest absolute Gasteiger partial charge is 0.131 e. The quantitative estimate of drug-likeness (QED) is 0.849. The van der Waals surface area contributed by atoms with Gasteiger partial charge in [-0.2, -0.15) is 0 Å². The lowest BCUT2D eigenvalue weighted by Crippen LogP contribution is -2.23. The van der Waals surface area contributed by atoms with E-state index in [2.05, 4.69) is 21.2 Å². The fraction of sp³-hybridized carbons (Fsp3) is 0.294. The zero-order valence-corrected chi connectivity index (χ0v) is 14.0. The minimum absolute atomic E-state index is 0.161. The molecule has 0 amide bonds. The van der Waals surface area contributed by atoms with Crippen LogP contribution < -0.4 is 10.1 Å². The summed E-state index contributed by atoms with van der Waals surface area (Å²) in [7, 11) is 1.63. The van der Waals surface area contributed by atoms with E-state index in [4.69, 9.17) is 4.74 Å². The number of benzene rings is 2. The maximum atomic E-state index is 14.5. The minimum Gasteiger partial charge on any atom is -0.497 e. The largest absolute Gasteiger partial charge is 0.497 e. The molecule has 0 bridgehead atoms. The van der Waals surface area contributed by atoms with Crippen LogP contribution in [0.4, 0.5) is 4.39 Å². The monoisotopic (exact) mass is 351 g/mol. The molecule has 0 aliphatic heterocycles. The van der Waals surface area contributed by atoms with Crippen LogP contribution in [0.5, 0.6) is 5.75 Å². The second kappa shape index (κ2) is 7.05. The molecule has 0 spiro atoms. The average Bonchev–Trinajstić information content (AvgIpc) is 2.48. The van der Waals surface area contributed by atoms with Gasteiger partial charge in [-0.1, -0.05) is 47.1 Å². The standard InChI is InChI=1S/C17H19BrFNO/c1-4-20-17(14-7-5-6-11(2)16(14)19)13-9-8-12(21-3)10-15(13)18/h5-10,17,20H,4H2,1-3H3. The van der Waals surface area contributed by atoms with Gasteiger partial charge in [-0.25, -0.2) is 4.39 Å². The van der Waals surface area contributed by atoms with Gasteiger partial charge in [0, 0.05) is 10.0 Å². The van der Waals surface area contributed by atoms with Crippen molar-refractivity contribution in [1.82, 2.24) is 5.32 Å². The molecule has 1 atom stereocenters. The summed E-state index contributed by atoms with van der Waals surface area (Å²) in [5, 5.41) is 3.35. The van der Waals surface area contributed by atoms with E-state index in [1.54, 1.807) is 20.1 Å². The molecule has 0 aromatic heterocycles. The van der Waals surface area contributed by atoms with Crippen LogP contribution in [-0.2, 0) is 0 Å². The van der Waals surface area contributed by atoms with E-state index in [1.807, 2.05) is 37.3 Å². The highest BCUT2D eigenvalue weighted by atomic mass is 79.9. The minimum atomic E-state index is -0.199. The first-order valence-electron chi connectivity index (χ1n) is 6.90. The number of methoxy groups -OCH3 is 1. The van der Waals surface area contributed by atoms with Crippen LogP contribution in [-0.4, -0.2) is 13.7 Å². The maximum Gasteiger partial charge on any atom is 0.131 e. The Morgan fingerprint density at radius 3 is 2.62 bits per heavy atom. The molecule has 112 valence electrons. The predicted octanol–water partition coefficient (Wildman–Crippen LogP) is 4.60. The van der Waals surface area contributed by atoms with Crippen molar-refractivity contribution in [2.45, 2.75) is 19.9 Å². The third kappa shape index (κ3) is 3.44. The molecule has 2 rings (SSSR count). The first kappa shape index (κ1) is 16.0. The number of hydrogen-bond acceptors (Lipinski definition) is 2. The van der Waals surface area contributed by atoms with Crippen LogP contribution in [0.1, 0.15) is 29.7 Å². The number of ether oxygens (including phenoxy) is 1. The van der Waals surface area contributed by atoms with Crippen LogP contribution in [0.3, 0.4) is 0 Å². The van der Waals surface area contributed by atoms with E-state index in [0.29, 0.717) is 11.1 Å². The molecule has 1 unspecified atom stereocenters. The molecule has 0 aliphatic carbocycles. The highest BCUT2D eigenvalue weighted by Crippen LogP contribution is 2.33. The van der Waals surface area contributed by atoms with Crippen LogP contribution in [0, 0.1) is 12.7 Å². The topological polar surface area (TPSA) is 21.3 Å². The van der Waals surface area contributed by atoms with E-state index >= 15 is 0 Å². The molecule has 4 heteroatoms. The molecular weight excluding hydrogens is 333 g/mol. The molecule has 21 heavy (non-hydrogen) atoms. The van der Waals surface area contributed by atoms with Gasteiger partial charge in [0.05, 0.1) is 13.2 Å². The van der Waals surface area contributed by atoms with Crippen molar-refractivity contribution in [2.75, 3.05) is 13.7 Å². The molecule has 0 heterocycles. The predicted molar refractivity (Wildman–Crippen MR) is 87.4 cm³/mol. The van der Waals surface area contributed by atoms with Crippen molar-refractivity contribution in [1.29, 1.82) is 0 Å². The molecule has 2 aromatic carbocycles. The van der Waals surface area contributed by atoms with Crippen molar-refractivity contribution in [2.24, 2.45) is 0 Å². The normalized spacial score (nSPS) is 12.2. The van der Waals surface area contributed by atoms with Gasteiger partial charge in [-0.3, -0.25) is 0 Å². The number of halogens is 2. The van der Waals surface area contributed by atoms with E-state index in [9.17, 15) is 4.39 Å². The molecule has 0 saturated carbocycles. The van der Waals surface area contributed by atoms with Gasteiger partial charge < -0.3 is 10.1 Å². The summed E-state index contributed by atoms with van der Waals surface area (Å²) in [6.07, 6.45) is 0. The van der Waals surface area contributed by atoms with Crippen LogP contribution in [0.15, 0.2) is 40.9 Å². The zero-order valence-electron chi connectivity index (χ0n) is 12.4. The molecule has 2 nitrogen and oxygen atoms in total.